The predicted octanol–water partition coefficient (Wildman–Crippen LogP) is 2.77. The maximum absolute atomic E-state index is 12.9. The van der Waals surface area contributed by atoms with Crippen LogP contribution in [0.15, 0.2) is 30.0 Å². The van der Waals surface area contributed by atoms with Crippen LogP contribution < -0.4 is 10.1 Å². The number of rotatable bonds is 4. The highest BCUT2D eigenvalue weighted by molar-refractivity contribution is 5.59. The van der Waals surface area contributed by atoms with Crippen LogP contribution in [-0.2, 0) is 0 Å². The van der Waals surface area contributed by atoms with E-state index in [1.165, 1.54) is 0 Å². The fourth-order valence-electron chi connectivity index (χ4n) is 1.05. The summed E-state index contributed by atoms with van der Waals surface area (Å²) in [5.74, 6) is -0.971. The lowest BCUT2D eigenvalue weighted by molar-refractivity contribution is -0.0493. The van der Waals surface area contributed by atoms with Gasteiger partial charge in [0, 0.05) is 12.3 Å². The molecule has 1 aromatic carbocycles. The molecule has 0 saturated carbocycles. The Morgan fingerprint density at radius 2 is 2.00 bits per heavy atom. The van der Waals surface area contributed by atoms with Gasteiger partial charge in [0.25, 0.3) is 0 Å². The van der Waals surface area contributed by atoms with E-state index in [2.05, 4.69) is 10.1 Å². The molecule has 0 unspecified atom stereocenters. The van der Waals surface area contributed by atoms with Crippen molar-refractivity contribution < 1.29 is 17.9 Å². The van der Waals surface area contributed by atoms with Gasteiger partial charge in [-0.05, 0) is 12.1 Å². The van der Waals surface area contributed by atoms with E-state index in [4.69, 9.17) is 10.5 Å². The summed E-state index contributed by atoms with van der Waals surface area (Å²) < 4.78 is 41.2. The highest BCUT2D eigenvalue weighted by atomic mass is 19.3. The average Bonchev–Trinajstić information content (AvgIpc) is 2.33. The second-order valence-electron chi connectivity index (χ2n) is 2.94. The first-order valence-corrected chi connectivity index (χ1v) is 4.58. The Labute approximate surface area is 101 Å². The van der Waals surface area contributed by atoms with E-state index in [-0.39, 0.29) is 17.0 Å². The molecule has 0 bridgehead atoms. The molecule has 1 rings (SSSR count). The minimum atomic E-state index is -3.06. The zero-order chi connectivity index (χ0) is 13.5. The van der Waals surface area contributed by atoms with Crippen molar-refractivity contribution in [3.63, 3.8) is 0 Å². The Bertz CT molecular complexity index is 527. The summed E-state index contributed by atoms with van der Waals surface area (Å²) in [6, 6.07) is 5.96. The number of hydrogen-bond donors (Lipinski definition) is 1. The fourth-order valence-corrected chi connectivity index (χ4v) is 1.05. The van der Waals surface area contributed by atoms with Gasteiger partial charge >= 0.3 is 6.61 Å². The fraction of sp³-hybridized carbons (Fsp3) is 0.0909. The number of ether oxygens (including phenoxy) is 1. The molecule has 7 heteroatoms. The highest BCUT2D eigenvalue weighted by Gasteiger charge is 2.10. The van der Waals surface area contributed by atoms with Gasteiger partial charge in [-0.1, -0.05) is 0 Å². The summed E-state index contributed by atoms with van der Waals surface area (Å²) >= 11 is 0. The molecule has 1 aromatic rings. The highest BCUT2D eigenvalue weighted by Crippen LogP contribution is 2.27. The van der Waals surface area contributed by atoms with Crippen molar-refractivity contribution in [2.75, 3.05) is 5.32 Å². The van der Waals surface area contributed by atoms with E-state index in [0.717, 1.165) is 24.4 Å². The number of nitriles is 2. The molecule has 0 spiro atoms. The van der Waals surface area contributed by atoms with Gasteiger partial charge in [-0.25, -0.2) is 4.39 Å². The third-order valence-electron chi connectivity index (χ3n) is 1.77. The molecule has 1 N–H and O–H groups in total. The second kappa shape index (κ2) is 6.16. The van der Waals surface area contributed by atoms with Crippen molar-refractivity contribution in [2.24, 2.45) is 0 Å². The molecule has 0 radical (unpaired) electrons. The number of anilines is 1. The second-order valence-corrected chi connectivity index (χ2v) is 2.94. The molecule has 0 amide bonds. The molecule has 0 atom stereocenters. The van der Waals surface area contributed by atoms with Crippen molar-refractivity contribution in [3.8, 4) is 17.9 Å². The molecule has 92 valence electrons. The van der Waals surface area contributed by atoms with Gasteiger partial charge in [0.15, 0.2) is 0 Å². The van der Waals surface area contributed by atoms with Crippen LogP contribution in [-0.4, -0.2) is 6.61 Å². The average molecular weight is 253 g/mol. The molecule has 0 aliphatic heterocycles. The summed E-state index contributed by atoms with van der Waals surface area (Å²) in [6.45, 7) is -3.06. The maximum Gasteiger partial charge on any atom is 0.387 e. The number of benzene rings is 1. The summed E-state index contributed by atoms with van der Waals surface area (Å²) in [7, 11) is 0. The summed E-state index contributed by atoms with van der Waals surface area (Å²) in [5, 5.41) is 19.3. The van der Waals surface area contributed by atoms with Crippen molar-refractivity contribution in [3.05, 3.63) is 35.8 Å². The summed E-state index contributed by atoms with van der Waals surface area (Å²) in [6.07, 6.45) is 0.965. The van der Waals surface area contributed by atoms with E-state index < -0.39 is 12.4 Å². The molecule has 4 nitrogen and oxygen atoms in total. The number of halogens is 3. The normalized spacial score (nSPS) is 9.22. The Hall–Kier alpha value is -2.67. The molecule has 0 fully saturated rings. The number of nitrogens with zero attached hydrogens (tertiary/aromatic N) is 2. The Morgan fingerprint density at radius 1 is 1.33 bits per heavy atom. The topological polar surface area (TPSA) is 68.8 Å². The van der Waals surface area contributed by atoms with Crippen molar-refractivity contribution in [1.29, 1.82) is 10.5 Å². The lowest BCUT2D eigenvalue weighted by atomic mass is 10.2. The molecule has 0 aromatic heterocycles. The molecular weight excluding hydrogens is 247 g/mol. The first-order chi connectivity index (χ1) is 8.56. The van der Waals surface area contributed by atoms with Gasteiger partial charge in [0.1, 0.15) is 29.3 Å². The van der Waals surface area contributed by atoms with Crippen LogP contribution in [0.4, 0.5) is 18.9 Å². The molecule has 18 heavy (non-hydrogen) atoms. The molecule has 0 heterocycles. The Morgan fingerprint density at radius 3 is 2.56 bits per heavy atom. The lowest BCUT2D eigenvalue weighted by Crippen LogP contribution is -2.04. The smallest absolute Gasteiger partial charge is 0.387 e. The van der Waals surface area contributed by atoms with Crippen LogP contribution in [0.1, 0.15) is 0 Å². The van der Waals surface area contributed by atoms with Gasteiger partial charge in [0.2, 0.25) is 0 Å². The number of nitrogens with one attached hydrogen (secondary N) is 1. The molecular formula is C11H6F3N3O. The maximum atomic E-state index is 12.9. The van der Waals surface area contributed by atoms with Gasteiger partial charge in [-0.3, -0.25) is 0 Å². The first-order valence-electron chi connectivity index (χ1n) is 4.58. The molecule has 0 aliphatic rings. The van der Waals surface area contributed by atoms with Gasteiger partial charge < -0.3 is 10.1 Å². The van der Waals surface area contributed by atoms with Crippen LogP contribution in [0, 0.1) is 28.5 Å². The number of hydrogen-bond acceptors (Lipinski definition) is 4. The van der Waals surface area contributed by atoms with Gasteiger partial charge in [-0.15, -0.1) is 0 Å². The van der Waals surface area contributed by atoms with Crippen LogP contribution in [0.5, 0.6) is 5.75 Å². The Kier molecular flexibility index (Phi) is 4.58. The van der Waals surface area contributed by atoms with Crippen LogP contribution in [0.3, 0.4) is 0 Å². The van der Waals surface area contributed by atoms with Gasteiger partial charge in [-0.2, -0.15) is 19.3 Å². The number of allylic oxidation sites excluding steroid dienone is 1. The van der Waals surface area contributed by atoms with Gasteiger partial charge in [0.05, 0.1) is 5.69 Å². The summed E-state index contributed by atoms with van der Waals surface area (Å²) in [5.41, 5.74) is -0.402. The van der Waals surface area contributed by atoms with Crippen molar-refractivity contribution in [1.82, 2.24) is 0 Å². The Balaban J connectivity index is 3.00. The molecule has 0 aliphatic carbocycles. The minimum Gasteiger partial charge on any atom is -0.433 e. The molecule has 0 saturated heterocycles. The third kappa shape index (κ3) is 3.72. The first kappa shape index (κ1) is 13.4. The van der Waals surface area contributed by atoms with Crippen LogP contribution >= 0.6 is 0 Å². The zero-order valence-electron chi connectivity index (χ0n) is 8.82. The predicted molar refractivity (Wildman–Crippen MR) is 56.0 cm³/mol. The largest absolute Gasteiger partial charge is 0.433 e. The third-order valence-corrected chi connectivity index (χ3v) is 1.77. The van der Waals surface area contributed by atoms with E-state index in [0.29, 0.717) is 0 Å². The van der Waals surface area contributed by atoms with E-state index >= 15 is 0 Å². The summed E-state index contributed by atoms with van der Waals surface area (Å²) in [4.78, 5) is 0. The van der Waals surface area contributed by atoms with Crippen LogP contribution in [0.2, 0.25) is 0 Å². The zero-order valence-corrected chi connectivity index (χ0v) is 8.82. The van der Waals surface area contributed by atoms with Crippen LogP contribution in [0.25, 0.3) is 0 Å². The van der Waals surface area contributed by atoms with Crippen molar-refractivity contribution in [2.45, 2.75) is 6.61 Å². The quantitative estimate of drug-likeness (QED) is 0.837. The van der Waals surface area contributed by atoms with E-state index in [9.17, 15) is 13.2 Å². The SMILES string of the molecule is N#CC(C#N)=CNc1cc(F)ccc1OC(F)F. The van der Waals surface area contributed by atoms with E-state index in [1.807, 2.05) is 0 Å². The number of alkyl halides is 2. The van der Waals surface area contributed by atoms with Crippen molar-refractivity contribution >= 4 is 5.69 Å². The minimum absolute atomic E-state index is 0.113. The van der Waals surface area contributed by atoms with E-state index in [1.54, 1.807) is 12.1 Å². The standard InChI is InChI=1S/C11H6F3N3O/c12-8-1-2-10(18-11(13)14)9(3-8)17-6-7(4-15)5-16/h1-3,6,11,17H. The lowest BCUT2D eigenvalue weighted by Gasteiger charge is -2.10. The monoisotopic (exact) mass is 253 g/mol.